The third-order valence-corrected chi connectivity index (χ3v) is 2.50. The zero-order valence-corrected chi connectivity index (χ0v) is 9.81. The summed E-state index contributed by atoms with van der Waals surface area (Å²) in [6, 6.07) is 4.24. The first-order chi connectivity index (χ1) is 6.16. The van der Waals surface area contributed by atoms with E-state index in [-0.39, 0.29) is 24.8 Å². The average Bonchev–Trinajstić information content (AvgIpc) is 2.04. The lowest BCUT2D eigenvalue weighted by atomic mass is 10.0. The minimum Gasteiger partial charge on any atom is -0.396 e. The van der Waals surface area contributed by atoms with Crippen LogP contribution >= 0.6 is 28.3 Å². The van der Waals surface area contributed by atoms with E-state index in [0.717, 1.165) is 0 Å². The summed E-state index contributed by atoms with van der Waals surface area (Å²) >= 11 is 3.22. The van der Waals surface area contributed by atoms with Crippen molar-refractivity contribution >= 4 is 28.3 Å². The molecule has 0 unspecified atom stereocenters. The topological polar surface area (TPSA) is 46.2 Å². The number of hydrogen-bond donors (Lipinski definition) is 2. The monoisotopic (exact) mass is 283 g/mol. The Kier molecular flexibility index (Phi) is 6.27. The second-order valence-electron chi connectivity index (χ2n) is 2.75. The fourth-order valence-electron chi connectivity index (χ4n) is 1.15. The minimum absolute atomic E-state index is 0. The van der Waals surface area contributed by atoms with Crippen molar-refractivity contribution in [2.45, 2.75) is 12.5 Å². The van der Waals surface area contributed by atoms with E-state index in [4.69, 9.17) is 10.8 Å². The van der Waals surface area contributed by atoms with Crippen LogP contribution in [0.25, 0.3) is 0 Å². The first-order valence-electron chi connectivity index (χ1n) is 3.97. The Morgan fingerprint density at radius 1 is 1.50 bits per heavy atom. The van der Waals surface area contributed by atoms with Crippen LogP contribution in [0.3, 0.4) is 0 Å². The summed E-state index contributed by atoms with van der Waals surface area (Å²) in [6.07, 6.45) is 0.361. The van der Waals surface area contributed by atoms with Gasteiger partial charge in [0, 0.05) is 22.7 Å². The molecule has 5 heteroatoms. The van der Waals surface area contributed by atoms with Crippen LogP contribution in [0.1, 0.15) is 18.0 Å². The number of aliphatic hydroxyl groups is 1. The largest absolute Gasteiger partial charge is 0.396 e. The van der Waals surface area contributed by atoms with Crippen LogP contribution < -0.4 is 5.73 Å². The van der Waals surface area contributed by atoms with Crippen LogP contribution in [0, 0.1) is 5.82 Å². The Morgan fingerprint density at radius 3 is 2.64 bits per heavy atom. The van der Waals surface area contributed by atoms with Gasteiger partial charge in [-0.2, -0.15) is 0 Å². The molecule has 0 saturated heterocycles. The molecule has 0 aliphatic heterocycles. The van der Waals surface area contributed by atoms with Crippen molar-refractivity contribution in [1.82, 2.24) is 0 Å². The summed E-state index contributed by atoms with van der Waals surface area (Å²) < 4.78 is 13.9. The number of nitrogens with two attached hydrogens (primary N) is 1. The molecule has 0 heterocycles. The van der Waals surface area contributed by atoms with Crippen molar-refractivity contribution in [2.75, 3.05) is 6.61 Å². The molecule has 0 aromatic heterocycles. The first-order valence-corrected chi connectivity index (χ1v) is 4.76. The van der Waals surface area contributed by atoms with Crippen LogP contribution in [-0.4, -0.2) is 11.7 Å². The summed E-state index contributed by atoms with van der Waals surface area (Å²) in [5, 5.41) is 8.66. The van der Waals surface area contributed by atoms with Gasteiger partial charge in [0.1, 0.15) is 5.82 Å². The molecule has 1 atom stereocenters. The van der Waals surface area contributed by atoms with E-state index < -0.39 is 6.04 Å². The zero-order valence-electron chi connectivity index (χ0n) is 7.41. The van der Waals surface area contributed by atoms with Gasteiger partial charge in [-0.05, 0) is 18.6 Å². The highest BCUT2D eigenvalue weighted by molar-refractivity contribution is 9.10. The molecule has 0 amide bonds. The third kappa shape index (κ3) is 3.20. The maximum atomic E-state index is 13.2. The molecule has 3 N–H and O–H groups in total. The van der Waals surface area contributed by atoms with Crippen molar-refractivity contribution < 1.29 is 9.50 Å². The third-order valence-electron chi connectivity index (χ3n) is 1.81. The lowest BCUT2D eigenvalue weighted by Gasteiger charge is -2.12. The maximum absolute atomic E-state index is 13.2. The summed E-state index contributed by atoms with van der Waals surface area (Å²) in [5.41, 5.74) is 6.10. The molecule has 1 rings (SSSR count). The Balaban J connectivity index is 0.00000169. The fraction of sp³-hybridized carbons (Fsp3) is 0.333. The Morgan fingerprint density at radius 2 is 2.14 bits per heavy atom. The highest BCUT2D eigenvalue weighted by Crippen LogP contribution is 2.26. The maximum Gasteiger partial charge on any atom is 0.129 e. The Bertz CT molecular complexity index is 278. The number of hydrogen-bond acceptors (Lipinski definition) is 2. The molecular formula is C9H12BrClFNO. The standard InChI is InChI=1S/C9H11BrFNO.ClH/c10-6-2-1-3-7(11)9(6)8(12)4-5-13;/h1-3,8,13H,4-5,12H2;1H/t8-;/m1./s1. The van der Waals surface area contributed by atoms with Crippen LogP contribution in [0.5, 0.6) is 0 Å². The molecule has 2 nitrogen and oxygen atoms in total. The van der Waals surface area contributed by atoms with Gasteiger partial charge >= 0.3 is 0 Å². The van der Waals surface area contributed by atoms with E-state index in [9.17, 15) is 4.39 Å². The summed E-state index contributed by atoms with van der Waals surface area (Å²) in [4.78, 5) is 0. The highest BCUT2D eigenvalue weighted by atomic mass is 79.9. The van der Waals surface area contributed by atoms with Crippen molar-refractivity contribution in [1.29, 1.82) is 0 Å². The van der Waals surface area contributed by atoms with Gasteiger partial charge in [-0.1, -0.05) is 22.0 Å². The van der Waals surface area contributed by atoms with Gasteiger partial charge in [-0.25, -0.2) is 4.39 Å². The van der Waals surface area contributed by atoms with Crippen molar-refractivity contribution in [2.24, 2.45) is 5.73 Å². The van der Waals surface area contributed by atoms with Gasteiger partial charge in [0.25, 0.3) is 0 Å². The Hall–Kier alpha value is -0.160. The minimum atomic E-state index is -0.458. The first kappa shape index (κ1) is 13.8. The highest BCUT2D eigenvalue weighted by Gasteiger charge is 2.13. The van der Waals surface area contributed by atoms with E-state index >= 15 is 0 Å². The van der Waals surface area contributed by atoms with Gasteiger partial charge in [0.2, 0.25) is 0 Å². The van der Waals surface area contributed by atoms with E-state index in [0.29, 0.717) is 16.5 Å². The molecule has 80 valence electrons. The number of rotatable bonds is 3. The predicted octanol–water partition coefficient (Wildman–Crippen LogP) is 2.39. The van der Waals surface area contributed by atoms with Crippen molar-refractivity contribution in [3.63, 3.8) is 0 Å². The van der Waals surface area contributed by atoms with Gasteiger partial charge in [0.05, 0.1) is 0 Å². The fourth-order valence-corrected chi connectivity index (χ4v) is 1.78. The Labute approximate surface area is 96.8 Å². The predicted molar refractivity (Wildman–Crippen MR) is 60.0 cm³/mol. The van der Waals surface area contributed by atoms with Crippen LogP contribution in [0.4, 0.5) is 4.39 Å². The summed E-state index contributed by atoms with van der Waals surface area (Å²) in [6.45, 7) is -0.0397. The van der Waals surface area contributed by atoms with E-state index in [1.807, 2.05) is 0 Å². The smallest absolute Gasteiger partial charge is 0.129 e. The number of halogens is 3. The summed E-state index contributed by atoms with van der Waals surface area (Å²) in [7, 11) is 0. The molecule has 0 fully saturated rings. The molecule has 0 saturated carbocycles. The molecule has 0 spiro atoms. The molecule has 14 heavy (non-hydrogen) atoms. The van der Waals surface area contributed by atoms with Gasteiger partial charge in [0.15, 0.2) is 0 Å². The summed E-state index contributed by atoms with van der Waals surface area (Å²) in [5.74, 6) is -0.338. The average molecular weight is 285 g/mol. The second-order valence-corrected chi connectivity index (χ2v) is 3.61. The molecule has 0 radical (unpaired) electrons. The van der Waals surface area contributed by atoms with Crippen molar-refractivity contribution in [3.05, 3.63) is 34.1 Å². The quantitative estimate of drug-likeness (QED) is 0.895. The molecule has 1 aromatic carbocycles. The lowest BCUT2D eigenvalue weighted by Crippen LogP contribution is -2.14. The molecule has 0 aliphatic carbocycles. The van der Waals surface area contributed by atoms with Crippen molar-refractivity contribution in [3.8, 4) is 0 Å². The number of benzene rings is 1. The molecule has 0 bridgehead atoms. The number of aliphatic hydroxyl groups excluding tert-OH is 1. The van der Waals surface area contributed by atoms with Crippen LogP contribution in [0.2, 0.25) is 0 Å². The SMILES string of the molecule is Cl.N[C@H](CCO)c1c(F)cccc1Br. The lowest BCUT2D eigenvalue weighted by molar-refractivity contribution is 0.275. The molecule has 1 aromatic rings. The van der Waals surface area contributed by atoms with Crippen LogP contribution in [-0.2, 0) is 0 Å². The van der Waals surface area contributed by atoms with Gasteiger partial charge < -0.3 is 10.8 Å². The van der Waals surface area contributed by atoms with Gasteiger partial charge in [-0.3, -0.25) is 0 Å². The van der Waals surface area contributed by atoms with Crippen LogP contribution in [0.15, 0.2) is 22.7 Å². The molecular weight excluding hydrogens is 272 g/mol. The van der Waals surface area contributed by atoms with Gasteiger partial charge in [-0.15, -0.1) is 12.4 Å². The van der Waals surface area contributed by atoms with E-state index in [1.165, 1.54) is 6.07 Å². The normalized spacial score (nSPS) is 12.0. The zero-order chi connectivity index (χ0) is 9.84. The van der Waals surface area contributed by atoms with E-state index in [2.05, 4.69) is 15.9 Å². The molecule has 0 aliphatic rings. The van der Waals surface area contributed by atoms with E-state index in [1.54, 1.807) is 12.1 Å². The second kappa shape index (κ2) is 6.35.